The first kappa shape index (κ1) is 14.9. The summed E-state index contributed by atoms with van der Waals surface area (Å²) in [6, 6.07) is 0.530. The maximum Gasteiger partial charge on any atom is 0.0715 e. The Morgan fingerprint density at radius 2 is 1.82 bits per heavy atom. The lowest BCUT2D eigenvalue weighted by Gasteiger charge is -2.31. The van der Waals surface area contributed by atoms with Crippen LogP contribution in [0.1, 0.15) is 58.8 Å². The Labute approximate surface area is 106 Å². The van der Waals surface area contributed by atoms with Crippen molar-refractivity contribution >= 4 is 0 Å². The van der Waals surface area contributed by atoms with Crippen LogP contribution in [0.15, 0.2) is 0 Å². The molecule has 1 fully saturated rings. The van der Waals surface area contributed by atoms with Gasteiger partial charge in [-0.2, -0.15) is 0 Å². The Morgan fingerprint density at radius 3 is 2.35 bits per heavy atom. The lowest BCUT2D eigenvalue weighted by molar-refractivity contribution is 0.0782. The predicted octanol–water partition coefficient (Wildman–Crippen LogP) is 2.07. The van der Waals surface area contributed by atoms with Crippen molar-refractivity contribution in [2.45, 2.75) is 77.0 Å². The van der Waals surface area contributed by atoms with Crippen LogP contribution in [0.4, 0.5) is 0 Å². The molecule has 0 aromatic heterocycles. The summed E-state index contributed by atoms with van der Waals surface area (Å²) in [5.41, 5.74) is 0. The van der Waals surface area contributed by atoms with E-state index in [1.165, 1.54) is 32.1 Å². The zero-order valence-electron chi connectivity index (χ0n) is 11.4. The second-order valence-electron chi connectivity index (χ2n) is 5.75. The van der Waals surface area contributed by atoms with E-state index in [-0.39, 0.29) is 12.6 Å². The number of nitrogens with one attached hydrogen (secondary N) is 1. The van der Waals surface area contributed by atoms with Gasteiger partial charge in [-0.3, -0.25) is 0 Å². The molecule has 0 aliphatic heterocycles. The topological polar surface area (TPSA) is 52.5 Å². The molecule has 102 valence electrons. The Morgan fingerprint density at radius 1 is 1.18 bits per heavy atom. The van der Waals surface area contributed by atoms with Crippen molar-refractivity contribution in [2.75, 3.05) is 6.61 Å². The zero-order valence-corrected chi connectivity index (χ0v) is 11.4. The second kappa shape index (κ2) is 8.06. The highest BCUT2D eigenvalue weighted by atomic mass is 16.3. The molecule has 2 unspecified atom stereocenters. The van der Waals surface area contributed by atoms with Crippen LogP contribution in [0.3, 0.4) is 0 Å². The largest absolute Gasteiger partial charge is 0.396 e. The first-order chi connectivity index (χ1) is 8.13. The molecule has 0 aromatic carbocycles. The molecule has 3 heteroatoms. The fraction of sp³-hybridized carbons (Fsp3) is 1.00. The van der Waals surface area contributed by atoms with Crippen LogP contribution in [-0.2, 0) is 0 Å². The molecule has 0 radical (unpaired) electrons. The molecular formula is C14H29NO2. The SMILES string of the molecule is CC(C)NC(CC1CCCCC1)C(O)CCO. The van der Waals surface area contributed by atoms with Crippen LogP contribution in [0.25, 0.3) is 0 Å². The molecule has 17 heavy (non-hydrogen) atoms. The van der Waals surface area contributed by atoms with E-state index in [1.807, 2.05) is 0 Å². The summed E-state index contributed by atoms with van der Waals surface area (Å²) in [5.74, 6) is 0.758. The van der Waals surface area contributed by atoms with Crippen LogP contribution in [0.2, 0.25) is 0 Å². The molecule has 0 heterocycles. The maximum atomic E-state index is 10.1. The Kier molecular flexibility index (Phi) is 7.09. The van der Waals surface area contributed by atoms with E-state index in [0.717, 1.165) is 12.3 Å². The van der Waals surface area contributed by atoms with Crippen LogP contribution in [0, 0.1) is 5.92 Å². The summed E-state index contributed by atoms with van der Waals surface area (Å²) in [4.78, 5) is 0. The molecule has 0 spiro atoms. The molecule has 0 aromatic rings. The fourth-order valence-corrected chi connectivity index (χ4v) is 2.88. The van der Waals surface area contributed by atoms with Gasteiger partial charge in [0.05, 0.1) is 6.10 Å². The lowest BCUT2D eigenvalue weighted by atomic mass is 9.83. The summed E-state index contributed by atoms with van der Waals surface area (Å²) >= 11 is 0. The van der Waals surface area contributed by atoms with Crippen molar-refractivity contribution < 1.29 is 10.2 Å². The van der Waals surface area contributed by atoms with Gasteiger partial charge in [-0.1, -0.05) is 46.0 Å². The molecule has 0 saturated heterocycles. The molecule has 2 atom stereocenters. The molecular weight excluding hydrogens is 214 g/mol. The molecule has 0 amide bonds. The monoisotopic (exact) mass is 243 g/mol. The minimum Gasteiger partial charge on any atom is -0.396 e. The number of aliphatic hydroxyl groups excluding tert-OH is 2. The van der Waals surface area contributed by atoms with Crippen LogP contribution < -0.4 is 5.32 Å². The van der Waals surface area contributed by atoms with Gasteiger partial charge in [-0.15, -0.1) is 0 Å². The standard InChI is InChI=1S/C14H29NO2/c1-11(2)15-13(14(17)8-9-16)10-12-6-4-3-5-7-12/h11-17H,3-10H2,1-2H3. The van der Waals surface area contributed by atoms with Crippen molar-refractivity contribution in [3.8, 4) is 0 Å². The average Bonchev–Trinajstić information content (AvgIpc) is 2.29. The number of hydrogen-bond donors (Lipinski definition) is 3. The Hall–Kier alpha value is -0.120. The van der Waals surface area contributed by atoms with Gasteiger partial charge in [0.2, 0.25) is 0 Å². The third-order valence-corrected chi connectivity index (χ3v) is 3.75. The summed E-state index contributed by atoms with van der Waals surface area (Å²) < 4.78 is 0. The molecule has 0 bridgehead atoms. The smallest absolute Gasteiger partial charge is 0.0715 e. The minimum absolute atomic E-state index is 0.0715. The minimum atomic E-state index is -0.413. The molecule has 1 saturated carbocycles. The van der Waals surface area contributed by atoms with Gasteiger partial charge in [0.1, 0.15) is 0 Å². The van der Waals surface area contributed by atoms with E-state index in [9.17, 15) is 5.11 Å². The highest BCUT2D eigenvalue weighted by Crippen LogP contribution is 2.28. The van der Waals surface area contributed by atoms with Crippen LogP contribution >= 0.6 is 0 Å². The van der Waals surface area contributed by atoms with Gasteiger partial charge >= 0.3 is 0 Å². The van der Waals surface area contributed by atoms with Crippen molar-refractivity contribution in [1.82, 2.24) is 5.32 Å². The highest BCUT2D eigenvalue weighted by molar-refractivity contribution is 4.81. The van der Waals surface area contributed by atoms with Crippen LogP contribution in [-0.4, -0.2) is 35.0 Å². The van der Waals surface area contributed by atoms with Gasteiger partial charge in [0, 0.05) is 18.7 Å². The van der Waals surface area contributed by atoms with E-state index in [4.69, 9.17) is 5.11 Å². The molecule has 3 N–H and O–H groups in total. The molecule has 1 aliphatic rings. The maximum absolute atomic E-state index is 10.1. The summed E-state index contributed by atoms with van der Waals surface area (Å²) in [7, 11) is 0. The van der Waals surface area contributed by atoms with Crippen molar-refractivity contribution in [1.29, 1.82) is 0 Å². The lowest BCUT2D eigenvalue weighted by Crippen LogP contribution is -2.45. The van der Waals surface area contributed by atoms with Gasteiger partial charge < -0.3 is 15.5 Å². The van der Waals surface area contributed by atoms with Crippen LogP contribution in [0.5, 0.6) is 0 Å². The van der Waals surface area contributed by atoms with Gasteiger partial charge in [0.25, 0.3) is 0 Å². The van der Waals surface area contributed by atoms with E-state index in [1.54, 1.807) is 0 Å². The zero-order chi connectivity index (χ0) is 12.7. The van der Waals surface area contributed by atoms with E-state index in [2.05, 4.69) is 19.2 Å². The first-order valence-corrected chi connectivity index (χ1v) is 7.18. The third-order valence-electron chi connectivity index (χ3n) is 3.75. The van der Waals surface area contributed by atoms with Crippen molar-refractivity contribution in [2.24, 2.45) is 5.92 Å². The Bertz CT molecular complexity index is 191. The van der Waals surface area contributed by atoms with Crippen molar-refractivity contribution in [3.63, 3.8) is 0 Å². The van der Waals surface area contributed by atoms with E-state index < -0.39 is 6.10 Å². The molecule has 1 rings (SSSR count). The van der Waals surface area contributed by atoms with Gasteiger partial charge in [-0.05, 0) is 18.8 Å². The predicted molar refractivity (Wildman–Crippen MR) is 71.0 cm³/mol. The summed E-state index contributed by atoms with van der Waals surface area (Å²) in [5, 5.41) is 22.5. The molecule has 3 nitrogen and oxygen atoms in total. The Balaban J connectivity index is 2.43. The quantitative estimate of drug-likeness (QED) is 0.641. The average molecular weight is 243 g/mol. The number of rotatable bonds is 7. The highest BCUT2D eigenvalue weighted by Gasteiger charge is 2.24. The number of aliphatic hydroxyl groups is 2. The third kappa shape index (κ3) is 5.84. The summed E-state index contributed by atoms with van der Waals surface area (Å²) in [6.45, 7) is 4.29. The second-order valence-corrected chi connectivity index (χ2v) is 5.75. The number of hydrogen-bond acceptors (Lipinski definition) is 3. The fourth-order valence-electron chi connectivity index (χ4n) is 2.88. The van der Waals surface area contributed by atoms with E-state index >= 15 is 0 Å². The van der Waals surface area contributed by atoms with Gasteiger partial charge in [0.15, 0.2) is 0 Å². The van der Waals surface area contributed by atoms with Gasteiger partial charge in [-0.25, -0.2) is 0 Å². The van der Waals surface area contributed by atoms with E-state index in [0.29, 0.717) is 12.5 Å². The summed E-state index contributed by atoms with van der Waals surface area (Å²) in [6.07, 6.45) is 7.80. The first-order valence-electron chi connectivity index (χ1n) is 7.18. The normalized spacial score (nSPS) is 21.7. The van der Waals surface area contributed by atoms with Crippen molar-refractivity contribution in [3.05, 3.63) is 0 Å². The molecule has 1 aliphatic carbocycles.